The van der Waals surface area contributed by atoms with E-state index in [2.05, 4.69) is 5.43 Å². The molecule has 0 aliphatic carbocycles. The van der Waals surface area contributed by atoms with Gasteiger partial charge in [0.05, 0.1) is 4.88 Å². The first-order valence-electron chi connectivity index (χ1n) is 5.07. The Kier molecular flexibility index (Phi) is 3.21. The Balaban J connectivity index is 2.12. The van der Waals surface area contributed by atoms with Gasteiger partial charge in [-0.25, -0.2) is 5.84 Å². The van der Waals surface area contributed by atoms with Gasteiger partial charge in [0.25, 0.3) is 5.91 Å². The van der Waals surface area contributed by atoms with E-state index in [1.807, 2.05) is 11.4 Å². The van der Waals surface area contributed by atoms with Crippen LogP contribution in [-0.2, 0) is 11.3 Å². The second kappa shape index (κ2) is 4.63. The fraction of sp³-hybridized carbons (Fsp3) is 0.400. The summed E-state index contributed by atoms with van der Waals surface area (Å²) in [5.41, 5.74) is 2.98. The molecule has 6 heteroatoms. The molecule has 86 valence electrons. The van der Waals surface area contributed by atoms with E-state index in [0.717, 1.165) is 18.5 Å². The van der Waals surface area contributed by atoms with Crippen LogP contribution < -0.4 is 11.3 Å². The highest BCUT2D eigenvalue weighted by Gasteiger charge is 2.22. The lowest BCUT2D eigenvalue weighted by Gasteiger charge is -2.15. The van der Waals surface area contributed by atoms with Crippen molar-refractivity contribution in [3.05, 3.63) is 21.9 Å². The van der Waals surface area contributed by atoms with Gasteiger partial charge in [0.2, 0.25) is 5.91 Å². The van der Waals surface area contributed by atoms with Crippen molar-refractivity contribution in [3.63, 3.8) is 0 Å². The second-order valence-electron chi connectivity index (χ2n) is 3.67. The summed E-state index contributed by atoms with van der Waals surface area (Å²) in [4.78, 5) is 25.2. The quantitative estimate of drug-likeness (QED) is 0.457. The molecule has 0 radical (unpaired) electrons. The number of carbonyl (C=O) groups is 2. The Hall–Kier alpha value is -1.40. The van der Waals surface area contributed by atoms with Gasteiger partial charge in [0.15, 0.2) is 0 Å². The lowest BCUT2D eigenvalue weighted by Crippen LogP contribution is -2.31. The highest BCUT2D eigenvalue weighted by Crippen LogP contribution is 2.21. The minimum Gasteiger partial charge on any atom is -0.338 e. The van der Waals surface area contributed by atoms with Crippen LogP contribution in [-0.4, -0.2) is 23.3 Å². The summed E-state index contributed by atoms with van der Waals surface area (Å²) in [7, 11) is 0. The SMILES string of the molecule is NNC(=O)c1sccc1CN1CCCC1=O. The van der Waals surface area contributed by atoms with E-state index < -0.39 is 0 Å². The molecule has 0 aromatic carbocycles. The van der Waals surface area contributed by atoms with E-state index >= 15 is 0 Å². The molecule has 2 heterocycles. The van der Waals surface area contributed by atoms with Gasteiger partial charge in [0.1, 0.15) is 0 Å². The number of carbonyl (C=O) groups excluding carboxylic acids is 2. The summed E-state index contributed by atoms with van der Waals surface area (Å²) >= 11 is 1.34. The van der Waals surface area contributed by atoms with Gasteiger partial charge in [-0.2, -0.15) is 0 Å². The van der Waals surface area contributed by atoms with Gasteiger partial charge in [-0.1, -0.05) is 0 Å². The third-order valence-electron chi connectivity index (χ3n) is 2.62. The molecule has 0 bridgehead atoms. The molecule has 1 saturated heterocycles. The van der Waals surface area contributed by atoms with Crippen molar-refractivity contribution in [2.24, 2.45) is 5.84 Å². The Morgan fingerprint density at radius 1 is 1.62 bits per heavy atom. The van der Waals surface area contributed by atoms with Crippen LogP contribution in [0.3, 0.4) is 0 Å². The van der Waals surface area contributed by atoms with Crippen molar-refractivity contribution in [1.29, 1.82) is 0 Å². The lowest BCUT2D eigenvalue weighted by molar-refractivity contribution is -0.128. The van der Waals surface area contributed by atoms with E-state index in [9.17, 15) is 9.59 Å². The highest BCUT2D eigenvalue weighted by molar-refractivity contribution is 7.12. The molecule has 1 aliphatic rings. The van der Waals surface area contributed by atoms with Gasteiger partial charge in [-0.15, -0.1) is 11.3 Å². The molecule has 2 rings (SSSR count). The number of hydrogen-bond acceptors (Lipinski definition) is 4. The van der Waals surface area contributed by atoms with Crippen LogP contribution in [0.1, 0.15) is 28.1 Å². The van der Waals surface area contributed by atoms with Crippen molar-refractivity contribution in [3.8, 4) is 0 Å². The van der Waals surface area contributed by atoms with Gasteiger partial charge in [-0.05, 0) is 23.4 Å². The maximum Gasteiger partial charge on any atom is 0.275 e. The molecule has 16 heavy (non-hydrogen) atoms. The first-order valence-corrected chi connectivity index (χ1v) is 5.95. The molecule has 3 N–H and O–H groups in total. The van der Waals surface area contributed by atoms with Crippen LogP contribution in [0.4, 0.5) is 0 Å². The number of likely N-dealkylation sites (tertiary alicyclic amines) is 1. The molecule has 1 aromatic heterocycles. The number of nitrogens with two attached hydrogens (primary N) is 1. The average Bonchev–Trinajstić information content (AvgIpc) is 2.88. The van der Waals surface area contributed by atoms with Crippen molar-refractivity contribution in [2.75, 3.05) is 6.54 Å². The Morgan fingerprint density at radius 2 is 2.44 bits per heavy atom. The number of rotatable bonds is 3. The zero-order valence-corrected chi connectivity index (χ0v) is 9.55. The van der Waals surface area contributed by atoms with Gasteiger partial charge < -0.3 is 4.90 Å². The largest absolute Gasteiger partial charge is 0.338 e. The van der Waals surface area contributed by atoms with Crippen LogP contribution in [0.25, 0.3) is 0 Å². The summed E-state index contributed by atoms with van der Waals surface area (Å²) in [5.74, 6) is 4.96. The van der Waals surface area contributed by atoms with Crippen molar-refractivity contribution < 1.29 is 9.59 Å². The summed E-state index contributed by atoms with van der Waals surface area (Å²) in [5, 5.41) is 1.83. The average molecular weight is 239 g/mol. The van der Waals surface area contributed by atoms with E-state index in [1.54, 1.807) is 4.90 Å². The molecule has 0 spiro atoms. The minimum absolute atomic E-state index is 0.158. The number of hydrogen-bond donors (Lipinski definition) is 2. The molecule has 5 nitrogen and oxygen atoms in total. The Labute approximate surface area is 97.2 Å². The predicted molar refractivity (Wildman–Crippen MR) is 60.6 cm³/mol. The summed E-state index contributed by atoms with van der Waals surface area (Å²) in [6.45, 7) is 1.28. The standard InChI is InChI=1S/C10H13N3O2S/c11-12-10(15)9-7(3-5-16-9)6-13-4-1-2-8(13)14/h3,5H,1-2,4,6,11H2,(H,12,15). The number of nitrogen functional groups attached to an aromatic ring is 1. The minimum atomic E-state index is -0.295. The van der Waals surface area contributed by atoms with E-state index in [4.69, 9.17) is 5.84 Å². The lowest BCUT2D eigenvalue weighted by atomic mass is 10.2. The molecular weight excluding hydrogens is 226 g/mol. The molecular formula is C10H13N3O2S. The Bertz CT molecular complexity index is 416. The van der Waals surface area contributed by atoms with Gasteiger partial charge >= 0.3 is 0 Å². The smallest absolute Gasteiger partial charge is 0.275 e. The van der Waals surface area contributed by atoms with Gasteiger partial charge in [0, 0.05) is 19.5 Å². The highest BCUT2D eigenvalue weighted by atomic mass is 32.1. The summed E-state index contributed by atoms with van der Waals surface area (Å²) in [6, 6.07) is 1.86. The predicted octanol–water partition coefficient (Wildman–Crippen LogP) is 0.474. The van der Waals surface area contributed by atoms with E-state index in [0.29, 0.717) is 17.8 Å². The van der Waals surface area contributed by atoms with Crippen molar-refractivity contribution in [2.45, 2.75) is 19.4 Å². The molecule has 0 saturated carbocycles. The molecule has 1 fully saturated rings. The fourth-order valence-electron chi connectivity index (χ4n) is 1.80. The Morgan fingerprint density at radius 3 is 3.06 bits per heavy atom. The van der Waals surface area contributed by atoms with Crippen molar-refractivity contribution in [1.82, 2.24) is 10.3 Å². The number of amides is 2. The molecule has 1 aromatic rings. The number of hydrazine groups is 1. The van der Waals surface area contributed by atoms with Crippen LogP contribution in [0.2, 0.25) is 0 Å². The second-order valence-corrected chi connectivity index (χ2v) is 4.58. The van der Waals surface area contributed by atoms with E-state index in [-0.39, 0.29) is 11.8 Å². The molecule has 1 aliphatic heterocycles. The van der Waals surface area contributed by atoms with E-state index in [1.165, 1.54) is 11.3 Å². The monoisotopic (exact) mass is 239 g/mol. The number of nitrogens with zero attached hydrogens (tertiary/aromatic N) is 1. The maximum atomic E-state index is 11.5. The first-order chi connectivity index (χ1) is 7.72. The van der Waals surface area contributed by atoms with Crippen LogP contribution in [0.15, 0.2) is 11.4 Å². The molecule has 2 amide bonds. The number of thiophene rings is 1. The normalized spacial score (nSPS) is 15.6. The summed E-state index contributed by atoms with van der Waals surface area (Å²) in [6.07, 6.45) is 1.52. The van der Waals surface area contributed by atoms with Crippen LogP contribution in [0.5, 0.6) is 0 Å². The third-order valence-corrected chi connectivity index (χ3v) is 3.57. The zero-order chi connectivity index (χ0) is 11.5. The van der Waals surface area contributed by atoms with Crippen LogP contribution >= 0.6 is 11.3 Å². The topological polar surface area (TPSA) is 75.4 Å². The fourth-order valence-corrected chi connectivity index (χ4v) is 2.62. The zero-order valence-electron chi connectivity index (χ0n) is 8.73. The van der Waals surface area contributed by atoms with Crippen LogP contribution in [0, 0.1) is 0 Å². The third kappa shape index (κ3) is 2.07. The first kappa shape index (κ1) is 11.1. The number of nitrogens with one attached hydrogen (secondary N) is 1. The maximum absolute atomic E-state index is 11.5. The van der Waals surface area contributed by atoms with Crippen molar-refractivity contribution >= 4 is 23.2 Å². The molecule has 0 atom stereocenters. The summed E-state index contributed by atoms with van der Waals surface area (Å²) < 4.78 is 0. The molecule has 0 unspecified atom stereocenters. The van der Waals surface area contributed by atoms with Gasteiger partial charge in [-0.3, -0.25) is 15.0 Å².